The zero-order chi connectivity index (χ0) is 9.95. The van der Waals surface area contributed by atoms with Crippen molar-refractivity contribution in [2.75, 3.05) is 7.05 Å². The summed E-state index contributed by atoms with van der Waals surface area (Å²) in [4.78, 5) is 0. The standard InChI is InChI=1S/C12H25N/c1-11(2,3)9-10-12(13-4)7-5-6-8-12/h13H,5-10H2,1-4H3. The Morgan fingerprint density at radius 2 is 1.69 bits per heavy atom. The zero-order valence-electron chi connectivity index (χ0n) is 9.74. The number of hydrogen-bond acceptors (Lipinski definition) is 1. The van der Waals surface area contributed by atoms with E-state index in [1.807, 2.05) is 0 Å². The first-order chi connectivity index (χ1) is 5.97. The van der Waals surface area contributed by atoms with E-state index in [-0.39, 0.29) is 0 Å². The Balaban J connectivity index is 2.40. The van der Waals surface area contributed by atoms with Crippen LogP contribution in [0, 0.1) is 5.41 Å². The molecule has 1 aliphatic rings. The monoisotopic (exact) mass is 183 g/mol. The summed E-state index contributed by atoms with van der Waals surface area (Å²) in [6, 6.07) is 0. The lowest BCUT2D eigenvalue weighted by molar-refractivity contribution is 0.261. The van der Waals surface area contributed by atoms with E-state index in [9.17, 15) is 0 Å². The van der Waals surface area contributed by atoms with Gasteiger partial charge >= 0.3 is 0 Å². The van der Waals surface area contributed by atoms with Gasteiger partial charge in [-0.3, -0.25) is 0 Å². The van der Waals surface area contributed by atoms with Gasteiger partial charge in [0.1, 0.15) is 0 Å². The summed E-state index contributed by atoms with van der Waals surface area (Å²) in [6.07, 6.45) is 8.32. The van der Waals surface area contributed by atoms with Gasteiger partial charge in [0.2, 0.25) is 0 Å². The molecule has 0 aromatic heterocycles. The molecule has 0 saturated heterocycles. The van der Waals surface area contributed by atoms with Crippen LogP contribution in [0.3, 0.4) is 0 Å². The maximum atomic E-state index is 3.55. The van der Waals surface area contributed by atoms with E-state index in [0.717, 1.165) is 0 Å². The van der Waals surface area contributed by atoms with Crippen LogP contribution in [0.25, 0.3) is 0 Å². The van der Waals surface area contributed by atoms with Crippen LogP contribution in [0.2, 0.25) is 0 Å². The van der Waals surface area contributed by atoms with Gasteiger partial charge in [0.15, 0.2) is 0 Å². The van der Waals surface area contributed by atoms with Crippen molar-refractivity contribution >= 4 is 0 Å². The molecule has 78 valence electrons. The molecule has 0 atom stereocenters. The van der Waals surface area contributed by atoms with Crippen molar-refractivity contribution in [3.8, 4) is 0 Å². The predicted octanol–water partition coefficient (Wildman–Crippen LogP) is 3.34. The van der Waals surface area contributed by atoms with Crippen LogP contribution < -0.4 is 5.32 Å². The maximum absolute atomic E-state index is 3.55. The maximum Gasteiger partial charge on any atom is 0.0178 e. The predicted molar refractivity (Wildman–Crippen MR) is 58.9 cm³/mol. The molecule has 0 aromatic rings. The first kappa shape index (κ1) is 11.0. The molecule has 1 aliphatic carbocycles. The third-order valence-corrected chi connectivity index (χ3v) is 3.44. The fourth-order valence-corrected chi connectivity index (χ4v) is 2.29. The van der Waals surface area contributed by atoms with Crippen LogP contribution in [0.15, 0.2) is 0 Å². The molecule has 0 amide bonds. The van der Waals surface area contributed by atoms with Crippen LogP contribution in [-0.2, 0) is 0 Å². The molecule has 0 unspecified atom stereocenters. The fourth-order valence-electron chi connectivity index (χ4n) is 2.29. The molecule has 0 aromatic carbocycles. The lowest BCUT2D eigenvalue weighted by Gasteiger charge is -2.32. The summed E-state index contributed by atoms with van der Waals surface area (Å²) in [5, 5.41) is 3.55. The molecule has 0 spiro atoms. The lowest BCUT2D eigenvalue weighted by atomic mass is 9.82. The Bertz CT molecular complexity index is 149. The van der Waals surface area contributed by atoms with E-state index in [0.29, 0.717) is 11.0 Å². The first-order valence-electron chi connectivity index (χ1n) is 5.66. The summed E-state index contributed by atoms with van der Waals surface area (Å²) < 4.78 is 0. The largest absolute Gasteiger partial charge is 0.314 e. The van der Waals surface area contributed by atoms with Gasteiger partial charge in [-0.15, -0.1) is 0 Å². The molecule has 0 aliphatic heterocycles. The van der Waals surface area contributed by atoms with Crippen molar-refractivity contribution in [3.05, 3.63) is 0 Å². The Morgan fingerprint density at radius 3 is 2.08 bits per heavy atom. The van der Waals surface area contributed by atoms with E-state index in [2.05, 4.69) is 33.1 Å². The van der Waals surface area contributed by atoms with Crippen LogP contribution in [0.1, 0.15) is 59.3 Å². The van der Waals surface area contributed by atoms with E-state index in [1.165, 1.54) is 38.5 Å². The molecule has 1 fully saturated rings. The zero-order valence-corrected chi connectivity index (χ0v) is 9.74. The molecule has 1 rings (SSSR count). The molecule has 0 bridgehead atoms. The van der Waals surface area contributed by atoms with Crippen molar-refractivity contribution in [1.29, 1.82) is 0 Å². The quantitative estimate of drug-likeness (QED) is 0.707. The molecule has 0 heterocycles. The minimum Gasteiger partial charge on any atom is -0.314 e. The van der Waals surface area contributed by atoms with E-state index in [4.69, 9.17) is 0 Å². The van der Waals surface area contributed by atoms with Gasteiger partial charge in [-0.05, 0) is 38.1 Å². The SMILES string of the molecule is CNC1(CCC(C)(C)C)CCCC1. The molecule has 1 saturated carbocycles. The highest BCUT2D eigenvalue weighted by Crippen LogP contribution is 2.36. The summed E-state index contributed by atoms with van der Waals surface area (Å²) in [5.41, 5.74) is 0.986. The van der Waals surface area contributed by atoms with Crippen molar-refractivity contribution in [2.45, 2.75) is 64.8 Å². The van der Waals surface area contributed by atoms with Crippen molar-refractivity contribution < 1.29 is 0 Å². The highest BCUT2D eigenvalue weighted by atomic mass is 14.9. The van der Waals surface area contributed by atoms with Crippen LogP contribution in [-0.4, -0.2) is 12.6 Å². The number of rotatable bonds is 3. The highest BCUT2D eigenvalue weighted by Gasteiger charge is 2.32. The second-order valence-electron chi connectivity index (χ2n) is 5.80. The Kier molecular flexibility index (Phi) is 3.39. The molecule has 1 nitrogen and oxygen atoms in total. The minimum atomic E-state index is 0.493. The van der Waals surface area contributed by atoms with E-state index in [1.54, 1.807) is 0 Å². The molecule has 1 heteroatoms. The Hall–Kier alpha value is -0.0400. The van der Waals surface area contributed by atoms with Gasteiger partial charge < -0.3 is 5.32 Å². The smallest absolute Gasteiger partial charge is 0.0178 e. The second-order valence-corrected chi connectivity index (χ2v) is 5.80. The molecule has 13 heavy (non-hydrogen) atoms. The normalized spacial score (nSPS) is 22.2. The fraction of sp³-hybridized carbons (Fsp3) is 1.00. The van der Waals surface area contributed by atoms with E-state index < -0.39 is 0 Å². The number of nitrogens with one attached hydrogen (secondary N) is 1. The third kappa shape index (κ3) is 3.30. The van der Waals surface area contributed by atoms with Crippen molar-refractivity contribution in [2.24, 2.45) is 5.41 Å². The van der Waals surface area contributed by atoms with Crippen molar-refractivity contribution in [1.82, 2.24) is 5.32 Å². The van der Waals surface area contributed by atoms with Gasteiger partial charge in [0.05, 0.1) is 0 Å². The average molecular weight is 183 g/mol. The van der Waals surface area contributed by atoms with Gasteiger partial charge in [-0.25, -0.2) is 0 Å². The van der Waals surface area contributed by atoms with Crippen LogP contribution in [0.4, 0.5) is 0 Å². The van der Waals surface area contributed by atoms with Gasteiger partial charge in [0.25, 0.3) is 0 Å². The summed E-state index contributed by atoms with van der Waals surface area (Å²) >= 11 is 0. The Labute approximate surface area is 83.3 Å². The van der Waals surface area contributed by atoms with Crippen molar-refractivity contribution in [3.63, 3.8) is 0 Å². The van der Waals surface area contributed by atoms with Gasteiger partial charge in [-0.1, -0.05) is 33.6 Å². The Morgan fingerprint density at radius 1 is 1.15 bits per heavy atom. The van der Waals surface area contributed by atoms with Gasteiger partial charge in [-0.2, -0.15) is 0 Å². The minimum absolute atomic E-state index is 0.493. The second kappa shape index (κ2) is 4.00. The first-order valence-corrected chi connectivity index (χ1v) is 5.66. The van der Waals surface area contributed by atoms with Gasteiger partial charge in [0, 0.05) is 5.54 Å². The topological polar surface area (TPSA) is 12.0 Å². The average Bonchev–Trinajstić information content (AvgIpc) is 2.49. The summed E-state index contributed by atoms with van der Waals surface area (Å²) in [6.45, 7) is 7.02. The van der Waals surface area contributed by atoms with E-state index >= 15 is 0 Å². The summed E-state index contributed by atoms with van der Waals surface area (Å²) in [5.74, 6) is 0. The van der Waals surface area contributed by atoms with Crippen LogP contribution in [0.5, 0.6) is 0 Å². The molecule has 1 N–H and O–H groups in total. The number of hydrogen-bond donors (Lipinski definition) is 1. The molecular formula is C12H25N. The lowest BCUT2D eigenvalue weighted by Crippen LogP contribution is -2.40. The molecular weight excluding hydrogens is 158 g/mol. The van der Waals surface area contributed by atoms with Crippen LogP contribution >= 0.6 is 0 Å². The summed E-state index contributed by atoms with van der Waals surface area (Å²) in [7, 11) is 2.13. The molecule has 0 radical (unpaired) electrons. The highest BCUT2D eigenvalue weighted by molar-refractivity contribution is 4.92. The third-order valence-electron chi connectivity index (χ3n) is 3.44.